The highest BCUT2D eigenvalue weighted by Crippen LogP contribution is 2.58. The fourth-order valence-corrected chi connectivity index (χ4v) is 11.9. The Balaban J connectivity index is 5.26. The summed E-state index contributed by atoms with van der Waals surface area (Å²) in [4.78, 5) is -0.826. The maximum Gasteiger partial charge on any atom is 0.218 e. The number of hydrogen-bond donors (Lipinski definition) is 2. The van der Waals surface area contributed by atoms with E-state index in [-0.39, 0.29) is 11.8 Å². The van der Waals surface area contributed by atoms with E-state index < -0.39 is 9.87 Å². The van der Waals surface area contributed by atoms with Gasteiger partial charge in [0, 0.05) is 24.7 Å². The first-order valence-electron chi connectivity index (χ1n) is 9.30. The second-order valence-electron chi connectivity index (χ2n) is 8.17. The second kappa shape index (κ2) is 14.1. The predicted octanol–water partition coefficient (Wildman–Crippen LogP) is 8.92. The van der Waals surface area contributed by atoms with Crippen LogP contribution in [0.2, 0.25) is 0 Å². The molecule has 0 spiro atoms. The van der Waals surface area contributed by atoms with Gasteiger partial charge in [-0.1, -0.05) is 80.6 Å². The molecule has 0 aromatic heterocycles. The Bertz CT molecular complexity index is 454. The zero-order valence-electron chi connectivity index (χ0n) is 17.9. The van der Waals surface area contributed by atoms with Crippen molar-refractivity contribution < 1.29 is 9.47 Å². The minimum atomic E-state index is -0.413. The third-order valence-corrected chi connectivity index (χ3v) is 12.1. The summed E-state index contributed by atoms with van der Waals surface area (Å²) in [6.07, 6.45) is 1.79. The molecule has 0 radical (unpaired) electrons. The Morgan fingerprint density at radius 1 is 0.714 bits per heavy atom. The number of hydrogen-bond acceptors (Lipinski definition) is 8. The molecule has 2 atom stereocenters. The maximum atomic E-state index is 6.07. The highest BCUT2D eigenvalue weighted by atomic mass is 33.7. The molecule has 0 saturated heterocycles. The van der Waals surface area contributed by atoms with E-state index in [2.05, 4.69) is 80.6 Å². The second-order valence-corrected chi connectivity index (χ2v) is 16.6. The van der Waals surface area contributed by atoms with E-state index in [1.54, 1.807) is 41.2 Å². The van der Waals surface area contributed by atoms with Gasteiger partial charge in [0.15, 0.2) is 9.87 Å². The first-order valence-corrected chi connectivity index (χ1v) is 15.8. The van der Waals surface area contributed by atoms with Crippen molar-refractivity contribution in [3.8, 4) is 0 Å². The van der Waals surface area contributed by atoms with Gasteiger partial charge in [-0.2, -0.15) is 0 Å². The highest BCUT2D eigenvalue weighted by Gasteiger charge is 2.41. The van der Waals surface area contributed by atoms with Crippen LogP contribution in [-0.4, -0.2) is 18.6 Å². The lowest BCUT2D eigenvalue weighted by Gasteiger charge is -2.39. The SMILES string of the molecule is CC(C)CC(OC(=S)S)(SSSSC(CC(C)C)(OC(=S)S)C(C)C)C(C)C. The van der Waals surface area contributed by atoms with Gasteiger partial charge < -0.3 is 9.47 Å². The zero-order chi connectivity index (χ0) is 22.1. The van der Waals surface area contributed by atoms with Gasteiger partial charge in [-0.3, -0.25) is 0 Å². The summed E-state index contributed by atoms with van der Waals surface area (Å²) in [5.41, 5.74) is 0. The molecule has 10 heteroatoms. The minimum Gasteiger partial charge on any atom is -0.460 e. The molecular formula is C18H34O2S8. The van der Waals surface area contributed by atoms with Gasteiger partial charge in [0.2, 0.25) is 8.77 Å². The van der Waals surface area contributed by atoms with E-state index in [9.17, 15) is 0 Å². The molecule has 0 aliphatic carbocycles. The molecule has 0 heterocycles. The molecule has 166 valence electrons. The normalized spacial score (nSPS) is 16.4. The Hall–Kier alpha value is 1.88. The summed E-state index contributed by atoms with van der Waals surface area (Å²) < 4.78 is 12.7. The largest absolute Gasteiger partial charge is 0.460 e. The van der Waals surface area contributed by atoms with Crippen LogP contribution in [0.25, 0.3) is 0 Å². The Morgan fingerprint density at radius 3 is 1.18 bits per heavy atom. The van der Waals surface area contributed by atoms with Gasteiger partial charge in [-0.15, -0.1) is 0 Å². The minimum absolute atomic E-state index is 0.287. The summed E-state index contributed by atoms with van der Waals surface area (Å²) in [5.74, 6) is 1.54. The zero-order valence-corrected chi connectivity index (χ0v) is 24.6. The van der Waals surface area contributed by atoms with Crippen molar-refractivity contribution in [3.63, 3.8) is 0 Å². The lowest BCUT2D eigenvalue weighted by molar-refractivity contribution is 0.0901. The molecule has 0 amide bonds. The van der Waals surface area contributed by atoms with E-state index in [0.717, 1.165) is 12.8 Å². The van der Waals surface area contributed by atoms with Crippen LogP contribution in [0.1, 0.15) is 68.2 Å². The molecule has 0 aliphatic rings. The summed E-state index contributed by atoms with van der Waals surface area (Å²) in [7, 11) is 6.83. The average molecular weight is 539 g/mol. The summed E-state index contributed by atoms with van der Waals surface area (Å²) >= 11 is 18.8. The molecule has 0 saturated carbocycles. The third kappa shape index (κ3) is 11.0. The van der Waals surface area contributed by atoms with Crippen molar-refractivity contribution >= 4 is 99.7 Å². The van der Waals surface area contributed by atoms with Crippen molar-refractivity contribution in [2.24, 2.45) is 23.7 Å². The van der Waals surface area contributed by atoms with Gasteiger partial charge in [0.25, 0.3) is 0 Å². The molecule has 28 heavy (non-hydrogen) atoms. The molecule has 0 aromatic carbocycles. The van der Waals surface area contributed by atoms with E-state index in [1.165, 1.54) is 0 Å². The average Bonchev–Trinajstić information content (AvgIpc) is 2.48. The van der Waals surface area contributed by atoms with E-state index in [1.807, 2.05) is 0 Å². The van der Waals surface area contributed by atoms with Crippen molar-refractivity contribution in [1.82, 2.24) is 0 Å². The van der Waals surface area contributed by atoms with Gasteiger partial charge in [0.1, 0.15) is 0 Å². The first kappa shape index (κ1) is 29.9. The lowest BCUT2D eigenvalue weighted by atomic mass is 9.96. The summed E-state index contributed by atoms with van der Waals surface area (Å²) in [5, 5.41) is 0. The van der Waals surface area contributed by atoms with Crippen LogP contribution in [0.3, 0.4) is 0 Å². The van der Waals surface area contributed by atoms with Gasteiger partial charge in [-0.25, -0.2) is 0 Å². The molecule has 0 N–H and O–H groups in total. The van der Waals surface area contributed by atoms with Crippen LogP contribution in [0.5, 0.6) is 0 Å². The lowest BCUT2D eigenvalue weighted by Crippen LogP contribution is -2.37. The third-order valence-electron chi connectivity index (χ3n) is 4.04. The molecule has 0 aromatic rings. The van der Waals surface area contributed by atoms with Crippen LogP contribution < -0.4 is 0 Å². The van der Waals surface area contributed by atoms with Crippen LogP contribution in [0.15, 0.2) is 0 Å². The van der Waals surface area contributed by atoms with Crippen molar-refractivity contribution in [1.29, 1.82) is 0 Å². The quantitative estimate of drug-likeness (QED) is 0.0785. The fourth-order valence-electron chi connectivity index (χ4n) is 2.66. The Labute approximate surface area is 209 Å². The van der Waals surface area contributed by atoms with Gasteiger partial charge >= 0.3 is 0 Å². The van der Waals surface area contributed by atoms with Gasteiger partial charge in [0.05, 0.1) is 0 Å². The van der Waals surface area contributed by atoms with E-state index >= 15 is 0 Å². The Morgan fingerprint density at radius 2 is 1.00 bits per heavy atom. The highest BCUT2D eigenvalue weighted by molar-refractivity contribution is 9.26. The molecule has 0 aliphatic heterocycles. The monoisotopic (exact) mass is 538 g/mol. The smallest absolute Gasteiger partial charge is 0.218 e. The summed E-state index contributed by atoms with van der Waals surface area (Å²) in [6, 6.07) is 0. The van der Waals surface area contributed by atoms with Crippen LogP contribution in [0.4, 0.5) is 0 Å². The molecule has 0 bridgehead atoms. The molecule has 2 unspecified atom stereocenters. The van der Waals surface area contributed by atoms with Crippen molar-refractivity contribution in [2.45, 2.75) is 78.1 Å². The number of thiol groups is 2. The maximum absolute atomic E-state index is 6.07. The van der Waals surface area contributed by atoms with E-state index in [4.69, 9.17) is 33.9 Å². The number of thiocarbonyl (C=S) groups is 2. The topological polar surface area (TPSA) is 18.5 Å². The van der Waals surface area contributed by atoms with E-state index in [0.29, 0.717) is 20.6 Å². The van der Waals surface area contributed by atoms with Crippen molar-refractivity contribution in [3.05, 3.63) is 0 Å². The molecule has 0 rings (SSSR count). The van der Waals surface area contributed by atoms with Crippen LogP contribution >= 0.6 is 90.9 Å². The van der Waals surface area contributed by atoms with Gasteiger partial charge in [-0.05, 0) is 77.5 Å². The number of rotatable bonds is 13. The molecule has 0 fully saturated rings. The first-order chi connectivity index (χ1) is 12.8. The Kier molecular flexibility index (Phi) is 15.1. The van der Waals surface area contributed by atoms with Crippen molar-refractivity contribution in [2.75, 3.05) is 0 Å². The fraction of sp³-hybridized carbons (Fsp3) is 0.889. The predicted molar refractivity (Wildman–Crippen MR) is 150 cm³/mol. The summed E-state index contributed by atoms with van der Waals surface area (Å²) in [6.45, 7) is 17.5. The standard InChI is InChI=1S/C18H34O2S8/c1-11(2)9-17(13(5)6,19-15(21)22)25-27-28-26-18(14(7)8,10-12(3)4)20-16(23)24/h11-14H,9-10H2,1-8H3,(H,21,22)(H,23,24). The van der Waals surface area contributed by atoms with Crippen LogP contribution in [-0.2, 0) is 9.47 Å². The molecule has 2 nitrogen and oxygen atoms in total. The molecular weight excluding hydrogens is 505 g/mol. The number of ether oxygens (including phenoxy) is 2. The van der Waals surface area contributed by atoms with Crippen LogP contribution in [0, 0.1) is 23.7 Å².